The van der Waals surface area contributed by atoms with E-state index < -0.39 is 0 Å². The van der Waals surface area contributed by atoms with Gasteiger partial charge in [0.2, 0.25) is 0 Å². The zero-order valence-corrected chi connectivity index (χ0v) is 12.5. The molecule has 0 spiro atoms. The first kappa shape index (κ1) is 13.3. The molecule has 0 saturated heterocycles. The summed E-state index contributed by atoms with van der Waals surface area (Å²) in [6.07, 6.45) is 3.47. The third-order valence-corrected chi connectivity index (χ3v) is 4.61. The second-order valence-electron chi connectivity index (χ2n) is 6.02. The van der Waals surface area contributed by atoms with Crippen molar-refractivity contribution in [1.29, 1.82) is 0 Å². The second kappa shape index (κ2) is 4.83. The third-order valence-electron chi connectivity index (χ3n) is 4.61. The van der Waals surface area contributed by atoms with Crippen molar-refractivity contribution in [3.05, 3.63) is 69.4 Å². The van der Waals surface area contributed by atoms with Gasteiger partial charge in [0.05, 0.1) is 17.6 Å². The van der Waals surface area contributed by atoms with E-state index in [-0.39, 0.29) is 11.5 Å². The van der Waals surface area contributed by atoms with Gasteiger partial charge in [-0.1, -0.05) is 18.2 Å². The summed E-state index contributed by atoms with van der Waals surface area (Å²) < 4.78 is 16.8. The van der Waals surface area contributed by atoms with Crippen LogP contribution in [0, 0.1) is 5.82 Å². The molecule has 1 aromatic heterocycles. The first-order chi connectivity index (χ1) is 10.6. The molecule has 0 unspecified atom stereocenters. The molecule has 2 aromatic carbocycles. The molecule has 4 rings (SSSR count). The Balaban J connectivity index is 1.83. The van der Waals surface area contributed by atoms with Crippen molar-refractivity contribution in [1.82, 2.24) is 9.13 Å². The number of imidazole rings is 1. The summed E-state index contributed by atoms with van der Waals surface area (Å²) in [6.45, 7) is 0.479. The fraction of sp³-hybridized carbons (Fsp3) is 0.278. The van der Waals surface area contributed by atoms with Crippen LogP contribution in [-0.4, -0.2) is 9.13 Å². The summed E-state index contributed by atoms with van der Waals surface area (Å²) in [6, 6.07) is 10.9. The lowest BCUT2D eigenvalue weighted by molar-refractivity contribution is 0.628. The van der Waals surface area contributed by atoms with Gasteiger partial charge in [-0.15, -0.1) is 0 Å². The van der Waals surface area contributed by atoms with Crippen LogP contribution in [0.15, 0.2) is 41.2 Å². The first-order valence-corrected chi connectivity index (χ1v) is 7.59. The quantitative estimate of drug-likeness (QED) is 0.714. The highest BCUT2D eigenvalue weighted by atomic mass is 19.1. The van der Waals surface area contributed by atoms with E-state index in [4.69, 9.17) is 0 Å². The number of halogens is 1. The minimum absolute atomic E-state index is 0.110. The Bertz CT molecular complexity index is 936. The zero-order chi connectivity index (χ0) is 15.3. The molecule has 4 heteroatoms. The van der Waals surface area contributed by atoms with Gasteiger partial charge >= 0.3 is 5.69 Å². The molecule has 1 aliphatic rings. The Hall–Kier alpha value is -2.36. The van der Waals surface area contributed by atoms with Crippen LogP contribution in [-0.2, 0) is 26.4 Å². The molecule has 0 radical (unpaired) electrons. The summed E-state index contributed by atoms with van der Waals surface area (Å²) in [4.78, 5) is 12.4. The molecule has 1 heterocycles. The van der Waals surface area contributed by atoms with Crippen molar-refractivity contribution < 1.29 is 4.39 Å². The Kier molecular flexibility index (Phi) is 2.93. The fourth-order valence-electron chi connectivity index (χ4n) is 3.44. The van der Waals surface area contributed by atoms with Gasteiger partial charge in [0, 0.05) is 7.05 Å². The normalized spacial score (nSPS) is 13.7. The molecule has 0 atom stereocenters. The highest BCUT2D eigenvalue weighted by Gasteiger charge is 2.14. The van der Waals surface area contributed by atoms with Crippen LogP contribution in [0.5, 0.6) is 0 Å². The maximum atomic E-state index is 13.6. The van der Waals surface area contributed by atoms with E-state index in [9.17, 15) is 9.18 Å². The summed E-state index contributed by atoms with van der Waals surface area (Å²) >= 11 is 0. The van der Waals surface area contributed by atoms with Gasteiger partial charge in [0.15, 0.2) is 0 Å². The van der Waals surface area contributed by atoms with E-state index in [0.29, 0.717) is 12.1 Å². The van der Waals surface area contributed by atoms with Crippen molar-refractivity contribution in [2.45, 2.75) is 25.8 Å². The fourth-order valence-corrected chi connectivity index (χ4v) is 3.44. The highest BCUT2D eigenvalue weighted by Crippen LogP contribution is 2.23. The van der Waals surface area contributed by atoms with Crippen molar-refractivity contribution in [2.24, 2.45) is 7.05 Å². The van der Waals surface area contributed by atoms with Crippen molar-refractivity contribution in [2.75, 3.05) is 0 Å². The van der Waals surface area contributed by atoms with Crippen LogP contribution in [0.3, 0.4) is 0 Å². The van der Waals surface area contributed by atoms with E-state index in [2.05, 4.69) is 18.2 Å². The van der Waals surface area contributed by atoms with Crippen molar-refractivity contribution in [3.8, 4) is 0 Å². The summed E-state index contributed by atoms with van der Waals surface area (Å²) in [5, 5.41) is 0. The van der Waals surface area contributed by atoms with Crippen LogP contribution in [0.25, 0.3) is 11.0 Å². The molecule has 0 amide bonds. The maximum Gasteiger partial charge on any atom is 0.329 e. The molecule has 3 nitrogen and oxygen atoms in total. The number of nitrogens with zero attached hydrogens (tertiary/aromatic N) is 2. The largest absolute Gasteiger partial charge is 0.329 e. The lowest BCUT2D eigenvalue weighted by Crippen LogP contribution is -2.22. The maximum absolute atomic E-state index is 13.6. The SMILES string of the molecule is Cn1c(=O)n(Cc2ccc3c(c2)CCC3)c2cc(F)ccc21. The summed E-state index contributed by atoms with van der Waals surface area (Å²) in [7, 11) is 1.72. The van der Waals surface area contributed by atoms with Crippen LogP contribution >= 0.6 is 0 Å². The molecule has 0 aliphatic heterocycles. The minimum atomic E-state index is -0.319. The number of hydrogen-bond donors (Lipinski definition) is 0. The van der Waals surface area contributed by atoms with Crippen molar-refractivity contribution >= 4 is 11.0 Å². The summed E-state index contributed by atoms with van der Waals surface area (Å²) in [5.41, 5.74) is 5.19. The Morgan fingerprint density at radius 1 is 1.05 bits per heavy atom. The van der Waals surface area contributed by atoms with Gasteiger partial charge in [-0.3, -0.25) is 9.13 Å². The van der Waals surface area contributed by atoms with E-state index in [1.54, 1.807) is 22.2 Å². The summed E-state index contributed by atoms with van der Waals surface area (Å²) in [5.74, 6) is -0.319. The first-order valence-electron chi connectivity index (χ1n) is 7.59. The van der Waals surface area contributed by atoms with Gasteiger partial charge in [-0.25, -0.2) is 9.18 Å². The number of fused-ring (bicyclic) bond motifs is 2. The second-order valence-corrected chi connectivity index (χ2v) is 6.02. The number of rotatable bonds is 2. The average Bonchev–Trinajstić information content (AvgIpc) is 3.06. The van der Waals surface area contributed by atoms with Crippen LogP contribution in [0.2, 0.25) is 0 Å². The number of hydrogen-bond acceptors (Lipinski definition) is 1. The van der Waals surface area contributed by atoms with Crippen LogP contribution in [0.1, 0.15) is 23.1 Å². The van der Waals surface area contributed by atoms with Crippen LogP contribution in [0.4, 0.5) is 4.39 Å². The van der Waals surface area contributed by atoms with Gasteiger partial charge in [0.1, 0.15) is 5.82 Å². The van der Waals surface area contributed by atoms with Crippen LogP contribution < -0.4 is 5.69 Å². The zero-order valence-electron chi connectivity index (χ0n) is 12.5. The molecular formula is C18H17FN2O. The molecular weight excluding hydrogens is 279 g/mol. The van der Waals surface area contributed by atoms with Crippen molar-refractivity contribution in [3.63, 3.8) is 0 Å². The van der Waals surface area contributed by atoms with E-state index in [1.807, 2.05) is 0 Å². The lowest BCUT2D eigenvalue weighted by Gasteiger charge is -2.06. The molecule has 0 N–H and O–H groups in total. The Morgan fingerprint density at radius 2 is 1.86 bits per heavy atom. The van der Waals surface area contributed by atoms with Gasteiger partial charge in [-0.2, -0.15) is 0 Å². The monoisotopic (exact) mass is 296 g/mol. The number of benzene rings is 2. The van der Waals surface area contributed by atoms with Gasteiger partial charge < -0.3 is 0 Å². The molecule has 3 aromatic rings. The Labute approximate surface area is 127 Å². The topological polar surface area (TPSA) is 26.9 Å². The van der Waals surface area contributed by atoms with E-state index in [0.717, 1.165) is 23.9 Å². The molecule has 0 bridgehead atoms. The molecule has 1 aliphatic carbocycles. The molecule has 0 fully saturated rings. The Morgan fingerprint density at radius 3 is 2.73 bits per heavy atom. The minimum Gasteiger partial charge on any atom is -0.295 e. The third kappa shape index (κ3) is 1.98. The highest BCUT2D eigenvalue weighted by molar-refractivity contribution is 5.76. The lowest BCUT2D eigenvalue weighted by atomic mass is 10.1. The average molecular weight is 296 g/mol. The smallest absolute Gasteiger partial charge is 0.295 e. The number of aromatic nitrogens is 2. The molecule has 0 saturated carbocycles. The van der Waals surface area contributed by atoms with E-state index >= 15 is 0 Å². The van der Waals surface area contributed by atoms with E-state index in [1.165, 1.54) is 29.7 Å². The molecule has 112 valence electrons. The predicted molar refractivity (Wildman–Crippen MR) is 84.7 cm³/mol. The predicted octanol–water partition coefficient (Wildman–Crippen LogP) is 3.02. The molecule has 22 heavy (non-hydrogen) atoms. The van der Waals surface area contributed by atoms with Gasteiger partial charge in [0.25, 0.3) is 0 Å². The number of aryl methyl sites for hydroxylation is 3. The standard InChI is InChI=1S/C18H17FN2O/c1-20-16-8-7-15(19)10-17(16)21(18(20)22)11-12-5-6-13-3-2-4-14(13)9-12/h5-10H,2-4,11H2,1H3. The van der Waals surface area contributed by atoms with Gasteiger partial charge in [-0.05, 0) is 54.2 Å².